The first kappa shape index (κ1) is 18.2. The third-order valence-corrected chi connectivity index (χ3v) is 5.02. The van der Waals surface area contributed by atoms with E-state index in [9.17, 15) is 0 Å². The lowest BCUT2D eigenvalue weighted by Gasteiger charge is -2.45. The van der Waals surface area contributed by atoms with E-state index in [-0.39, 0.29) is 5.54 Å². The Kier molecular flexibility index (Phi) is 6.88. The van der Waals surface area contributed by atoms with Gasteiger partial charge >= 0.3 is 0 Å². The van der Waals surface area contributed by atoms with Crippen LogP contribution in [0.2, 0.25) is 0 Å². The predicted octanol–water partition coefficient (Wildman–Crippen LogP) is 2.62. The molecule has 0 aliphatic heterocycles. The summed E-state index contributed by atoms with van der Waals surface area (Å²) in [6.45, 7) is 9.96. The molecule has 0 saturated heterocycles. The molecule has 1 rings (SSSR count). The summed E-state index contributed by atoms with van der Waals surface area (Å²) >= 11 is 0. The lowest BCUT2D eigenvalue weighted by atomic mass is 9.80. The molecule has 0 aromatic carbocycles. The van der Waals surface area contributed by atoms with Crippen molar-refractivity contribution in [1.29, 1.82) is 0 Å². The van der Waals surface area contributed by atoms with E-state index in [0.29, 0.717) is 6.04 Å². The van der Waals surface area contributed by atoms with E-state index in [1.807, 2.05) is 0 Å². The average molecular weight is 294 g/mol. The molecular formula is C17H34N4. The van der Waals surface area contributed by atoms with Gasteiger partial charge in [-0.05, 0) is 46.0 Å². The molecule has 1 heterocycles. The molecule has 1 unspecified atom stereocenters. The van der Waals surface area contributed by atoms with Crippen molar-refractivity contribution in [1.82, 2.24) is 20.0 Å². The quantitative estimate of drug-likeness (QED) is 0.760. The standard InChI is InChI=1S/C17H34N4/c1-8-14-12-15(21(7)19-14)13-16(18-11-4)17(9-2,10-3)20(5)6/h12,16,18H,8-11,13H2,1-7H3. The maximum atomic E-state index is 4.60. The third kappa shape index (κ3) is 3.86. The van der Waals surface area contributed by atoms with Crippen molar-refractivity contribution in [2.75, 3.05) is 20.6 Å². The van der Waals surface area contributed by atoms with Crippen LogP contribution in [-0.4, -0.2) is 46.9 Å². The molecule has 0 aliphatic carbocycles. The van der Waals surface area contributed by atoms with Crippen molar-refractivity contribution in [2.24, 2.45) is 7.05 Å². The van der Waals surface area contributed by atoms with Crippen LogP contribution in [0.4, 0.5) is 0 Å². The summed E-state index contributed by atoms with van der Waals surface area (Å²) in [6, 6.07) is 2.70. The summed E-state index contributed by atoms with van der Waals surface area (Å²) in [5.41, 5.74) is 2.70. The summed E-state index contributed by atoms with van der Waals surface area (Å²) in [5.74, 6) is 0. The topological polar surface area (TPSA) is 33.1 Å². The van der Waals surface area contributed by atoms with Crippen LogP contribution in [-0.2, 0) is 19.9 Å². The minimum absolute atomic E-state index is 0.187. The van der Waals surface area contributed by atoms with Gasteiger partial charge in [0.25, 0.3) is 0 Å². The first-order valence-corrected chi connectivity index (χ1v) is 8.37. The second-order valence-electron chi connectivity index (χ2n) is 6.12. The second kappa shape index (κ2) is 7.95. The zero-order valence-corrected chi connectivity index (χ0v) is 15.0. The number of aryl methyl sites for hydroxylation is 2. The van der Waals surface area contributed by atoms with Crippen molar-refractivity contribution in [3.05, 3.63) is 17.5 Å². The van der Waals surface area contributed by atoms with Crippen LogP contribution in [0.1, 0.15) is 51.9 Å². The fourth-order valence-corrected chi connectivity index (χ4v) is 3.53. The van der Waals surface area contributed by atoms with Gasteiger partial charge in [-0.2, -0.15) is 5.10 Å². The number of likely N-dealkylation sites (N-methyl/N-ethyl adjacent to an activating group) is 2. The Labute approximate surface area is 130 Å². The van der Waals surface area contributed by atoms with Crippen LogP contribution in [0.3, 0.4) is 0 Å². The van der Waals surface area contributed by atoms with E-state index in [4.69, 9.17) is 0 Å². The molecule has 1 aromatic heterocycles. The van der Waals surface area contributed by atoms with E-state index in [0.717, 1.165) is 32.2 Å². The zero-order chi connectivity index (χ0) is 16.0. The van der Waals surface area contributed by atoms with E-state index in [1.54, 1.807) is 0 Å². The Balaban J connectivity index is 3.07. The Morgan fingerprint density at radius 1 is 1.24 bits per heavy atom. The lowest BCUT2D eigenvalue weighted by Crippen LogP contribution is -2.59. The zero-order valence-electron chi connectivity index (χ0n) is 15.0. The number of aromatic nitrogens is 2. The number of nitrogens with zero attached hydrogens (tertiary/aromatic N) is 3. The molecule has 4 heteroatoms. The summed E-state index contributed by atoms with van der Waals surface area (Å²) < 4.78 is 2.05. The highest BCUT2D eigenvalue weighted by Crippen LogP contribution is 2.28. The van der Waals surface area contributed by atoms with Gasteiger partial charge in [-0.3, -0.25) is 4.68 Å². The smallest absolute Gasteiger partial charge is 0.0624 e. The molecule has 4 nitrogen and oxygen atoms in total. The summed E-state index contributed by atoms with van der Waals surface area (Å²) in [7, 11) is 6.48. The predicted molar refractivity (Wildman–Crippen MR) is 90.8 cm³/mol. The lowest BCUT2D eigenvalue weighted by molar-refractivity contribution is 0.0881. The van der Waals surface area contributed by atoms with E-state index in [2.05, 4.69) is 74.9 Å². The largest absolute Gasteiger partial charge is 0.312 e. The van der Waals surface area contributed by atoms with Crippen molar-refractivity contribution in [3.8, 4) is 0 Å². The molecule has 0 saturated carbocycles. The van der Waals surface area contributed by atoms with E-state index >= 15 is 0 Å². The maximum Gasteiger partial charge on any atom is 0.0624 e. The van der Waals surface area contributed by atoms with Gasteiger partial charge in [-0.25, -0.2) is 0 Å². The fourth-order valence-electron chi connectivity index (χ4n) is 3.53. The second-order valence-corrected chi connectivity index (χ2v) is 6.12. The van der Waals surface area contributed by atoms with Crippen LogP contribution in [0, 0.1) is 0 Å². The highest BCUT2D eigenvalue weighted by Gasteiger charge is 2.37. The molecule has 0 aliphatic rings. The Morgan fingerprint density at radius 2 is 1.86 bits per heavy atom. The van der Waals surface area contributed by atoms with E-state index in [1.165, 1.54) is 11.4 Å². The van der Waals surface area contributed by atoms with Gasteiger partial charge in [0.15, 0.2) is 0 Å². The van der Waals surface area contributed by atoms with Gasteiger partial charge in [-0.15, -0.1) is 0 Å². The highest BCUT2D eigenvalue weighted by molar-refractivity contribution is 5.14. The van der Waals surface area contributed by atoms with Crippen LogP contribution < -0.4 is 5.32 Å². The molecule has 1 N–H and O–H groups in total. The van der Waals surface area contributed by atoms with Crippen LogP contribution in [0.25, 0.3) is 0 Å². The Morgan fingerprint density at radius 3 is 2.24 bits per heavy atom. The molecule has 1 aromatic rings. The average Bonchev–Trinajstić information content (AvgIpc) is 2.81. The number of hydrogen-bond donors (Lipinski definition) is 1. The van der Waals surface area contributed by atoms with Gasteiger partial charge in [0.1, 0.15) is 0 Å². The van der Waals surface area contributed by atoms with Gasteiger partial charge in [0.05, 0.1) is 5.69 Å². The Hall–Kier alpha value is -0.870. The van der Waals surface area contributed by atoms with Crippen LogP contribution >= 0.6 is 0 Å². The maximum absolute atomic E-state index is 4.60. The molecule has 21 heavy (non-hydrogen) atoms. The summed E-state index contributed by atoms with van der Waals surface area (Å²) in [4.78, 5) is 2.40. The van der Waals surface area contributed by atoms with Crippen LogP contribution in [0.15, 0.2) is 6.07 Å². The summed E-state index contributed by atoms with van der Waals surface area (Å²) in [5, 5.41) is 8.32. The monoisotopic (exact) mass is 294 g/mol. The minimum atomic E-state index is 0.187. The van der Waals surface area contributed by atoms with Crippen LogP contribution in [0.5, 0.6) is 0 Å². The molecule has 0 spiro atoms. The molecule has 0 amide bonds. The number of hydrogen-bond acceptors (Lipinski definition) is 3. The van der Waals surface area contributed by atoms with Gasteiger partial charge in [-0.1, -0.05) is 27.7 Å². The fraction of sp³-hybridized carbons (Fsp3) is 0.824. The van der Waals surface area contributed by atoms with Gasteiger partial charge in [0, 0.05) is 30.7 Å². The molecule has 0 fully saturated rings. The molecular weight excluding hydrogens is 260 g/mol. The molecule has 1 atom stereocenters. The summed E-state index contributed by atoms with van der Waals surface area (Å²) in [6.07, 6.45) is 4.32. The third-order valence-electron chi connectivity index (χ3n) is 5.02. The first-order valence-electron chi connectivity index (χ1n) is 8.37. The normalized spacial score (nSPS) is 13.9. The van der Waals surface area contributed by atoms with Crippen molar-refractivity contribution < 1.29 is 0 Å². The molecule has 0 radical (unpaired) electrons. The molecule has 122 valence electrons. The van der Waals surface area contributed by atoms with Crippen molar-refractivity contribution in [2.45, 2.75) is 65.0 Å². The highest BCUT2D eigenvalue weighted by atomic mass is 15.3. The molecule has 0 bridgehead atoms. The van der Waals surface area contributed by atoms with E-state index < -0.39 is 0 Å². The Bertz CT molecular complexity index is 418. The SMILES string of the molecule is CCNC(Cc1cc(CC)nn1C)C(CC)(CC)N(C)C. The number of rotatable bonds is 9. The van der Waals surface area contributed by atoms with Crippen molar-refractivity contribution in [3.63, 3.8) is 0 Å². The first-order chi connectivity index (χ1) is 9.94. The number of nitrogens with one attached hydrogen (secondary N) is 1. The van der Waals surface area contributed by atoms with Crippen molar-refractivity contribution >= 4 is 0 Å². The van der Waals surface area contributed by atoms with Gasteiger partial charge < -0.3 is 10.2 Å². The minimum Gasteiger partial charge on any atom is -0.312 e. The van der Waals surface area contributed by atoms with Gasteiger partial charge in [0.2, 0.25) is 0 Å².